The summed E-state index contributed by atoms with van der Waals surface area (Å²) in [6.45, 7) is 3.84. The molecule has 2 aromatic heterocycles. The Hall–Kier alpha value is -3.10. The number of anilines is 1. The number of likely N-dealkylation sites (tertiary alicyclic amines) is 1. The van der Waals surface area contributed by atoms with Gasteiger partial charge in [-0.1, -0.05) is 0 Å². The van der Waals surface area contributed by atoms with Gasteiger partial charge in [-0.05, 0) is 62.1 Å². The molecular weight excluding hydrogens is 395 g/mol. The zero-order valence-corrected chi connectivity index (χ0v) is 16.5. The first-order chi connectivity index (χ1) is 14.3. The highest BCUT2D eigenvalue weighted by Crippen LogP contribution is 2.30. The lowest BCUT2D eigenvalue weighted by molar-refractivity contribution is -0.137. The van der Waals surface area contributed by atoms with E-state index in [1.165, 1.54) is 12.1 Å². The highest BCUT2D eigenvalue weighted by Gasteiger charge is 2.30. The lowest BCUT2D eigenvalue weighted by Crippen LogP contribution is -2.43. The first-order valence-corrected chi connectivity index (χ1v) is 9.82. The number of fused-ring (bicyclic) bond motifs is 1. The van der Waals surface area contributed by atoms with Crippen LogP contribution in [0.4, 0.5) is 23.7 Å². The number of hydrogen-bond acceptors (Lipinski definition) is 3. The maximum absolute atomic E-state index is 12.7. The number of halogens is 3. The quantitative estimate of drug-likeness (QED) is 0.672. The molecule has 9 heteroatoms. The Bertz CT molecular complexity index is 1040. The third-order valence-corrected chi connectivity index (χ3v) is 5.41. The highest BCUT2D eigenvalue weighted by molar-refractivity contribution is 5.89. The fourth-order valence-corrected chi connectivity index (χ4v) is 3.89. The lowest BCUT2D eigenvalue weighted by Gasteiger charge is -2.33. The van der Waals surface area contributed by atoms with Crippen molar-refractivity contribution in [2.45, 2.75) is 32.5 Å². The molecule has 30 heavy (non-hydrogen) atoms. The number of alkyl halides is 3. The molecule has 6 nitrogen and oxygen atoms in total. The Kier molecular flexibility index (Phi) is 5.36. The number of hydrogen-bond donors (Lipinski definition) is 1. The standard InChI is InChI=1S/C21H22F3N5O/c1-14-26-18-5-2-10-25-19(18)29(14)13-15-4-3-11-28(12-15)20(30)27-17-8-6-16(7-9-17)21(22,23)24/h2,5-10,15H,3-4,11-13H2,1H3,(H,27,30). The zero-order chi connectivity index (χ0) is 21.3. The fraction of sp³-hybridized carbons (Fsp3) is 0.381. The molecule has 158 valence electrons. The Morgan fingerprint density at radius 1 is 1.23 bits per heavy atom. The lowest BCUT2D eigenvalue weighted by atomic mass is 9.98. The molecule has 1 fully saturated rings. The highest BCUT2D eigenvalue weighted by atomic mass is 19.4. The van der Waals surface area contributed by atoms with Crippen molar-refractivity contribution in [3.05, 3.63) is 54.0 Å². The van der Waals surface area contributed by atoms with Gasteiger partial charge in [0.1, 0.15) is 11.3 Å². The molecule has 3 aromatic rings. The molecule has 0 radical (unpaired) electrons. The second-order valence-corrected chi connectivity index (χ2v) is 7.58. The Labute approximate surface area is 171 Å². The molecule has 2 amide bonds. The second kappa shape index (κ2) is 7.97. The summed E-state index contributed by atoms with van der Waals surface area (Å²) in [4.78, 5) is 23.3. The number of urea groups is 1. The van der Waals surface area contributed by atoms with Crippen LogP contribution in [0.5, 0.6) is 0 Å². The molecule has 1 aliphatic rings. The van der Waals surface area contributed by atoms with E-state index in [4.69, 9.17) is 0 Å². The number of pyridine rings is 1. The number of rotatable bonds is 3. The largest absolute Gasteiger partial charge is 0.416 e. The van der Waals surface area contributed by atoms with E-state index in [0.29, 0.717) is 25.3 Å². The van der Waals surface area contributed by atoms with E-state index in [1.54, 1.807) is 11.1 Å². The van der Waals surface area contributed by atoms with Crippen molar-refractivity contribution in [1.29, 1.82) is 0 Å². The molecule has 0 saturated carbocycles. The van der Waals surface area contributed by atoms with Gasteiger partial charge in [-0.15, -0.1) is 0 Å². The van der Waals surface area contributed by atoms with Gasteiger partial charge in [-0.2, -0.15) is 13.2 Å². The van der Waals surface area contributed by atoms with Gasteiger partial charge in [0, 0.05) is 31.5 Å². The van der Waals surface area contributed by atoms with Gasteiger partial charge in [0.25, 0.3) is 0 Å². The average molecular weight is 417 g/mol. The van der Waals surface area contributed by atoms with E-state index in [9.17, 15) is 18.0 Å². The zero-order valence-electron chi connectivity index (χ0n) is 16.5. The molecular formula is C21H22F3N5O. The van der Waals surface area contributed by atoms with Crippen molar-refractivity contribution in [1.82, 2.24) is 19.4 Å². The summed E-state index contributed by atoms with van der Waals surface area (Å²) in [5.41, 5.74) is 1.29. The minimum atomic E-state index is -4.40. The molecule has 0 bridgehead atoms. The summed E-state index contributed by atoms with van der Waals surface area (Å²) >= 11 is 0. The van der Waals surface area contributed by atoms with Gasteiger partial charge in [0.05, 0.1) is 5.56 Å². The maximum atomic E-state index is 12.7. The number of piperidine rings is 1. The van der Waals surface area contributed by atoms with Crippen LogP contribution in [0.2, 0.25) is 0 Å². The van der Waals surface area contributed by atoms with Crippen molar-refractivity contribution in [3.63, 3.8) is 0 Å². The molecule has 0 aliphatic carbocycles. The van der Waals surface area contributed by atoms with Crippen LogP contribution in [0.3, 0.4) is 0 Å². The van der Waals surface area contributed by atoms with Crippen LogP contribution in [-0.2, 0) is 12.7 Å². The minimum Gasteiger partial charge on any atom is -0.324 e. The second-order valence-electron chi connectivity index (χ2n) is 7.58. The number of nitrogens with zero attached hydrogens (tertiary/aromatic N) is 4. The molecule has 1 unspecified atom stereocenters. The van der Waals surface area contributed by atoms with Crippen LogP contribution < -0.4 is 5.32 Å². The topological polar surface area (TPSA) is 63.1 Å². The predicted octanol–water partition coefficient (Wildman–Crippen LogP) is 4.70. The van der Waals surface area contributed by atoms with E-state index in [0.717, 1.165) is 42.0 Å². The molecule has 1 N–H and O–H groups in total. The summed E-state index contributed by atoms with van der Waals surface area (Å²) < 4.78 is 40.2. The molecule has 1 aromatic carbocycles. The number of benzene rings is 1. The molecule has 1 atom stereocenters. The van der Waals surface area contributed by atoms with Crippen LogP contribution in [-0.4, -0.2) is 38.6 Å². The summed E-state index contributed by atoms with van der Waals surface area (Å²) in [6, 6.07) is 7.96. The first-order valence-electron chi connectivity index (χ1n) is 9.82. The van der Waals surface area contributed by atoms with Gasteiger partial charge >= 0.3 is 12.2 Å². The molecule has 4 rings (SSSR count). The number of amides is 2. The number of carbonyl (C=O) groups excluding carboxylic acids is 1. The van der Waals surface area contributed by atoms with E-state index in [-0.39, 0.29) is 11.9 Å². The van der Waals surface area contributed by atoms with Crippen LogP contribution in [0, 0.1) is 12.8 Å². The van der Waals surface area contributed by atoms with Crippen LogP contribution in [0.25, 0.3) is 11.2 Å². The minimum absolute atomic E-state index is 0.246. The molecule has 0 spiro atoms. The monoisotopic (exact) mass is 417 g/mol. The average Bonchev–Trinajstić information content (AvgIpc) is 3.03. The smallest absolute Gasteiger partial charge is 0.324 e. The maximum Gasteiger partial charge on any atom is 0.416 e. The number of nitrogens with one attached hydrogen (secondary N) is 1. The van der Waals surface area contributed by atoms with Crippen molar-refractivity contribution in [3.8, 4) is 0 Å². The molecule has 1 aliphatic heterocycles. The van der Waals surface area contributed by atoms with E-state index in [1.807, 2.05) is 19.1 Å². The van der Waals surface area contributed by atoms with Crippen molar-refractivity contribution in [2.24, 2.45) is 5.92 Å². The summed E-state index contributed by atoms with van der Waals surface area (Å²) in [5, 5.41) is 2.70. The number of aryl methyl sites for hydroxylation is 1. The Morgan fingerprint density at radius 3 is 2.73 bits per heavy atom. The normalized spacial score (nSPS) is 17.3. The van der Waals surface area contributed by atoms with Gasteiger partial charge in [-0.3, -0.25) is 0 Å². The van der Waals surface area contributed by atoms with Gasteiger partial charge in [0.15, 0.2) is 5.65 Å². The van der Waals surface area contributed by atoms with Crippen molar-refractivity contribution < 1.29 is 18.0 Å². The van der Waals surface area contributed by atoms with Crippen molar-refractivity contribution in [2.75, 3.05) is 18.4 Å². The van der Waals surface area contributed by atoms with Gasteiger partial charge in [0.2, 0.25) is 0 Å². The number of imidazole rings is 1. The van der Waals surface area contributed by atoms with Gasteiger partial charge in [-0.25, -0.2) is 14.8 Å². The first kappa shape index (κ1) is 20.2. The third-order valence-electron chi connectivity index (χ3n) is 5.41. The van der Waals surface area contributed by atoms with Crippen LogP contribution in [0.1, 0.15) is 24.2 Å². The summed E-state index contributed by atoms with van der Waals surface area (Å²) in [6.07, 6.45) is -0.808. The third kappa shape index (κ3) is 4.24. The fourth-order valence-electron chi connectivity index (χ4n) is 3.89. The number of carbonyl (C=O) groups is 1. The summed E-state index contributed by atoms with van der Waals surface area (Å²) in [7, 11) is 0. The number of aromatic nitrogens is 3. The Morgan fingerprint density at radius 2 is 2.00 bits per heavy atom. The molecule has 3 heterocycles. The van der Waals surface area contributed by atoms with Gasteiger partial charge < -0.3 is 14.8 Å². The van der Waals surface area contributed by atoms with Crippen molar-refractivity contribution >= 4 is 22.9 Å². The van der Waals surface area contributed by atoms with Crippen LogP contribution >= 0.6 is 0 Å². The van der Waals surface area contributed by atoms with E-state index < -0.39 is 11.7 Å². The van der Waals surface area contributed by atoms with Crippen LogP contribution in [0.15, 0.2) is 42.6 Å². The summed E-state index contributed by atoms with van der Waals surface area (Å²) in [5.74, 6) is 1.13. The Balaban J connectivity index is 1.41. The SMILES string of the molecule is Cc1nc2cccnc2n1CC1CCCN(C(=O)Nc2ccc(C(F)(F)F)cc2)C1. The predicted molar refractivity (Wildman–Crippen MR) is 107 cm³/mol. The molecule has 1 saturated heterocycles. The van der Waals surface area contributed by atoms with E-state index in [2.05, 4.69) is 19.9 Å². The van der Waals surface area contributed by atoms with E-state index >= 15 is 0 Å².